The van der Waals surface area contributed by atoms with Crippen LogP contribution < -0.4 is 10.1 Å². The molecule has 36 heavy (non-hydrogen) atoms. The minimum atomic E-state index is -3.07. The van der Waals surface area contributed by atoms with Gasteiger partial charge >= 0.3 is 12.7 Å². The van der Waals surface area contributed by atoms with Crippen LogP contribution in [0.25, 0.3) is 16.9 Å². The van der Waals surface area contributed by atoms with E-state index in [1.165, 1.54) is 22.9 Å². The number of ether oxygens (including phenoxy) is 1. The van der Waals surface area contributed by atoms with E-state index < -0.39 is 24.9 Å². The van der Waals surface area contributed by atoms with Crippen LogP contribution >= 0.6 is 11.6 Å². The maximum absolute atomic E-state index is 13.1. The molecular weight excluding hydrogens is 500 g/mol. The van der Waals surface area contributed by atoms with E-state index in [9.17, 15) is 23.8 Å². The fourth-order valence-corrected chi connectivity index (χ4v) is 4.37. The third-order valence-corrected chi connectivity index (χ3v) is 6.09. The van der Waals surface area contributed by atoms with E-state index in [0.717, 1.165) is 4.90 Å². The highest BCUT2D eigenvalue weighted by Crippen LogP contribution is 2.39. The molecule has 188 valence electrons. The Kier molecular flexibility index (Phi) is 6.33. The number of alkyl halides is 2. The Bertz CT molecular complexity index is 1410. The second-order valence-corrected chi connectivity index (χ2v) is 8.55. The van der Waals surface area contributed by atoms with E-state index in [-0.39, 0.29) is 35.1 Å². The summed E-state index contributed by atoms with van der Waals surface area (Å²) in [5.74, 6) is -0.137. The second-order valence-electron chi connectivity index (χ2n) is 8.11. The third kappa shape index (κ3) is 4.62. The van der Waals surface area contributed by atoms with Crippen LogP contribution in [0.4, 0.5) is 25.0 Å². The van der Waals surface area contributed by atoms with Crippen LogP contribution in [0.15, 0.2) is 49.1 Å². The van der Waals surface area contributed by atoms with Crippen molar-refractivity contribution in [3.8, 4) is 17.0 Å². The molecule has 0 aliphatic carbocycles. The molecule has 1 aliphatic rings. The van der Waals surface area contributed by atoms with Crippen molar-refractivity contribution >= 4 is 34.7 Å². The fourth-order valence-electron chi connectivity index (χ4n) is 4.20. The molecule has 11 nitrogen and oxygen atoms in total. The predicted molar refractivity (Wildman–Crippen MR) is 125 cm³/mol. The number of fused-ring (bicyclic) bond motifs is 1. The number of aliphatic hydroxyl groups is 1. The number of halogens is 3. The molecule has 4 heterocycles. The molecule has 0 bridgehead atoms. The van der Waals surface area contributed by atoms with Crippen LogP contribution in [0.2, 0.25) is 5.02 Å². The van der Waals surface area contributed by atoms with Crippen LogP contribution in [-0.2, 0) is 0 Å². The molecule has 0 spiro atoms. The quantitative estimate of drug-likeness (QED) is 0.350. The number of benzene rings is 1. The van der Waals surface area contributed by atoms with Crippen molar-refractivity contribution in [1.82, 2.24) is 29.3 Å². The Labute approximate surface area is 207 Å². The van der Waals surface area contributed by atoms with Gasteiger partial charge in [-0.2, -0.15) is 19.0 Å². The Morgan fingerprint density at radius 2 is 2.14 bits per heavy atom. The Hall–Kier alpha value is -3.97. The minimum absolute atomic E-state index is 0.0904. The summed E-state index contributed by atoms with van der Waals surface area (Å²) in [5.41, 5.74) is 1.86. The number of amides is 1. The van der Waals surface area contributed by atoms with Crippen molar-refractivity contribution in [2.45, 2.75) is 25.2 Å². The van der Waals surface area contributed by atoms with E-state index in [2.05, 4.69) is 20.5 Å². The van der Waals surface area contributed by atoms with Crippen molar-refractivity contribution in [3.63, 3.8) is 0 Å². The lowest BCUT2D eigenvalue weighted by Crippen LogP contribution is -2.46. The zero-order chi connectivity index (χ0) is 25.4. The SMILES string of the molecule is O=C(O)N1CC[C@@H](n2cc(Nc3cnn4cccnc34)c(-c3cc(Cl)ccc3OC(F)F)n2)[C@H](O)C1. The van der Waals surface area contributed by atoms with E-state index in [4.69, 9.17) is 16.3 Å². The number of carbonyl (C=O) groups is 1. The summed E-state index contributed by atoms with van der Waals surface area (Å²) in [6, 6.07) is 5.36. The van der Waals surface area contributed by atoms with Crippen LogP contribution in [0.3, 0.4) is 0 Å². The summed E-state index contributed by atoms with van der Waals surface area (Å²) in [6.45, 7) is -2.97. The van der Waals surface area contributed by atoms with Gasteiger partial charge in [0.2, 0.25) is 0 Å². The van der Waals surface area contributed by atoms with Gasteiger partial charge in [-0.1, -0.05) is 11.6 Å². The molecule has 0 radical (unpaired) electrons. The molecule has 1 aliphatic heterocycles. The highest BCUT2D eigenvalue weighted by molar-refractivity contribution is 6.31. The molecule has 2 atom stereocenters. The van der Waals surface area contributed by atoms with Gasteiger partial charge in [-0.05, 0) is 30.7 Å². The second kappa shape index (κ2) is 9.59. The Morgan fingerprint density at radius 1 is 1.31 bits per heavy atom. The number of nitrogens with one attached hydrogen (secondary N) is 1. The zero-order valence-corrected chi connectivity index (χ0v) is 19.3. The number of aliphatic hydroxyl groups excluding tert-OH is 1. The molecule has 3 N–H and O–H groups in total. The van der Waals surface area contributed by atoms with E-state index in [0.29, 0.717) is 23.4 Å². The monoisotopic (exact) mass is 519 g/mol. The molecule has 0 unspecified atom stereocenters. The number of β-amino-alcohol motifs (C(OH)–C–C–N with tert-alkyl or cyclic N) is 1. The molecule has 1 fully saturated rings. The zero-order valence-electron chi connectivity index (χ0n) is 18.5. The van der Waals surface area contributed by atoms with Gasteiger partial charge in [-0.15, -0.1) is 0 Å². The number of hydrogen-bond acceptors (Lipinski definition) is 7. The number of anilines is 2. The Morgan fingerprint density at radius 3 is 2.89 bits per heavy atom. The van der Waals surface area contributed by atoms with Gasteiger partial charge in [0.25, 0.3) is 0 Å². The van der Waals surface area contributed by atoms with E-state index >= 15 is 0 Å². The van der Waals surface area contributed by atoms with Crippen LogP contribution in [-0.4, -0.2) is 71.4 Å². The van der Waals surface area contributed by atoms with Crippen molar-refractivity contribution in [1.29, 1.82) is 0 Å². The largest absolute Gasteiger partial charge is 0.465 e. The number of nitrogens with zero attached hydrogens (tertiary/aromatic N) is 6. The van der Waals surface area contributed by atoms with Gasteiger partial charge in [0.05, 0.1) is 30.6 Å². The van der Waals surface area contributed by atoms with Crippen LogP contribution in [0.1, 0.15) is 12.5 Å². The molecule has 14 heteroatoms. The Balaban J connectivity index is 1.59. The summed E-state index contributed by atoms with van der Waals surface area (Å²) in [6.07, 6.45) is 4.62. The molecule has 1 saturated heterocycles. The molecule has 3 aromatic heterocycles. The molecular formula is C22H20ClF2N7O4. The normalized spacial score (nSPS) is 18.1. The first-order valence-corrected chi connectivity index (χ1v) is 11.2. The number of carboxylic acid groups (broad SMARTS) is 1. The van der Waals surface area contributed by atoms with E-state index in [1.807, 2.05) is 0 Å². The van der Waals surface area contributed by atoms with Gasteiger partial charge in [-0.25, -0.2) is 14.3 Å². The summed E-state index contributed by atoms with van der Waals surface area (Å²) in [4.78, 5) is 16.7. The molecule has 4 aromatic rings. The highest BCUT2D eigenvalue weighted by Gasteiger charge is 2.33. The average Bonchev–Trinajstić information content (AvgIpc) is 3.44. The van der Waals surface area contributed by atoms with Crippen LogP contribution in [0.5, 0.6) is 5.75 Å². The first-order valence-electron chi connectivity index (χ1n) is 10.9. The summed E-state index contributed by atoms with van der Waals surface area (Å²) >= 11 is 6.18. The smallest absolute Gasteiger partial charge is 0.407 e. The van der Waals surface area contributed by atoms with Crippen LogP contribution in [0, 0.1) is 0 Å². The lowest BCUT2D eigenvalue weighted by molar-refractivity contribution is -0.0494. The summed E-state index contributed by atoms with van der Waals surface area (Å²) in [7, 11) is 0. The average molecular weight is 520 g/mol. The predicted octanol–water partition coefficient (Wildman–Crippen LogP) is 3.88. The lowest BCUT2D eigenvalue weighted by atomic mass is 10.0. The maximum Gasteiger partial charge on any atom is 0.407 e. The summed E-state index contributed by atoms with van der Waals surface area (Å²) in [5, 5.41) is 32.2. The molecule has 1 aromatic carbocycles. The molecule has 0 saturated carbocycles. The van der Waals surface area contributed by atoms with Gasteiger partial charge < -0.3 is 25.2 Å². The van der Waals surface area contributed by atoms with Crippen molar-refractivity contribution < 1.29 is 28.5 Å². The third-order valence-electron chi connectivity index (χ3n) is 5.85. The maximum atomic E-state index is 13.1. The number of aromatic nitrogens is 5. The first-order chi connectivity index (χ1) is 17.3. The molecule has 5 rings (SSSR count). The lowest BCUT2D eigenvalue weighted by Gasteiger charge is -2.34. The van der Waals surface area contributed by atoms with Gasteiger partial charge in [0.1, 0.15) is 17.1 Å². The van der Waals surface area contributed by atoms with Crippen molar-refractivity contribution in [2.24, 2.45) is 0 Å². The fraction of sp³-hybridized carbons (Fsp3) is 0.273. The topological polar surface area (TPSA) is 130 Å². The van der Waals surface area contributed by atoms with Crippen molar-refractivity contribution in [3.05, 3.63) is 54.1 Å². The number of piperidine rings is 1. The standard InChI is InChI=1S/C22H20ClF2N7O4/c23-12-2-3-18(36-21(24)25)13(8-12)19-15(28-14-9-27-31-6-1-5-26-20(14)31)10-32(29-19)16-4-7-30(22(34)35)11-17(16)33/h1-3,5-6,8-10,16-17,21,28,33H,4,7,11H2,(H,34,35)/t16-,17-/m1/s1. The first kappa shape index (κ1) is 23.8. The van der Waals surface area contributed by atoms with Gasteiger partial charge in [0.15, 0.2) is 5.65 Å². The van der Waals surface area contributed by atoms with Gasteiger partial charge in [0, 0.05) is 35.7 Å². The number of likely N-dealkylation sites (tertiary alicyclic amines) is 1. The van der Waals surface area contributed by atoms with Gasteiger partial charge in [-0.3, -0.25) is 4.68 Å². The van der Waals surface area contributed by atoms with E-state index in [1.54, 1.807) is 35.4 Å². The number of rotatable bonds is 6. The number of hydrogen-bond donors (Lipinski definition) is 3. The minimum Gasteiger partial charge on any atom is -0.465 e. The molecule has 1 amide bonds. The summed E-state index contributed by atoms with van der Waals surface area (Å²) < 4.78 is 34.1. The highest BCUT2D eigenvalue weighted by atomic mass is 35.5. The van der Waals surface area contributed by atoms with Crippen molar-refractivity contribution in [2.75, 3.05) is 18.4 Å².